The molecule has 1 aromatic heterocycles. The monoisotopic (exact) mass is 264 g/mol. The molecule has 18 heavy (non-hydrogen) atoms. The lowest BCUT2D eigenvalue weighted by Gasteiger charge is -2.22. The molecule has 2 aliphatic rings. The van der Waals surface area contributed by atoms with E-state index in [0.29, 0.717) is 12.5 Å². The van der Waals surface area contributed by atoms with E-state index >= 15 is 0 Å². The number of hydrogen-bond acceptors (Lipinski definition) is 3. The summed E-state index contributed by atoms with van der Waals surface area (Å²) in [4.78, 5) is 15.5. The standard InChI is InChI=1S/C14H20N2OS/c1-14(8-15)5-6-16(9-14)13(17)12-11(4-7-18-12)10-2-3-10/h4,7,10H,2-3,5-6,8-9,15H2,1H3. The number of carbonyl (C=O) groups excluding carboxylic acids is 1. The number of amides is 1. The van der Waals surface area contributed by atoms with E-state index in [9.17, 15) is 4.79 Å². The van der Waals surface area contributed by atoms with Crippen LogP contribution in [0.15, 0.2) is 11.4 Å². The first kappa shape index (κ1) is 12.2. The third-order valence-corrected chi connectivity index (χ3v) is 5.16. The Morgan fingerprint density at radius 3 is 3.00 bits per heavy atom. The number of thiophene rings is 1. The highest BCUT2D eigenvalue weighted by molar-refractivity contribution is 7.12. The summed E-state index contributed by atoms with van der Waals surface area (Å²) in [5.74, 6) is 0.878. The predicted molar refractivity (Wildman–Crippen MR) is 74.0 cm³/mol. The summed E-state index contributed by atoms with van der Waals surface area (Å²) in [6.45, 7) is 4.51. The van der Waals surface area contributed by atoms with Gasteiger partial charge in [-0.3, -0.25) is 4.79 Å². The first-order chi connectivity index (χ1) is 8.63. The Morgan fingerprint density at radius 1 is 1.61 bits per heavy atom. The number of nitrogens with zero attached hydrogens (tertiary/aromatic N) is 1. The Balaban J connectivity index is 1.77. The lowest BCUT2D eigenvalue weighted by Crippen LogP contribution is -2.34. The second-order valence-electron chi connectivity index (χ2n) is 5.97. The highest BCUT2D eigenvalue weighted by Gasteiger charge is 2.37. The van der Waals surface area contributed by atoms with Crippen LogP contribution in [0, 0.1) is 5.41 Å². The normalized spacial score (nSPS) is 27.8. The molecule has 2 fully saturated rings. The number of likely N-dealkylation sites (tertiary alicyclic amines) is 1. The molecule has 3 rings (SSSR count). The Kier molecular flexibility index (Phi) is 2.94. The van der Waals surface area contributed by atoms with Gasteiger partial charge in [-0.15, -0.1) is 11.3 Å². The van der Waals surface area contributed by atoms with Crippen LogP contribution in [0.25, 0.3) is 0 Å². The molecule has 1 aliphatic carbocycles. The Hall–Kier alpha value is -0.870. The van der Waals surface area contributed by atoms with Crippen molar-refractivity contribution in [3.8, 4) is 0 Å². The van der Waals surface area contributed by atoms with E-state index in [1.165, 1.54) is 18.4 Å². The maximum absolute atomic E-state index is 12.6. The summed E-state index contributed by atoms with van der Waals surface area (Å²) in [6, 6.07) is 2.13. The first-order valence-electron chi connectivity index (χ1n) is 6.70. The van der Waals surface area contributed by atoms with E-state index in [0.717, 1.165) is 24.4 Å². The summed E-state index contributed by atoms with van der Waals surface area (Å²) in [7, 11) is 0. The van der Waals surface area contributed by atoms with Gasteiger partial charge in [0, 0.05) is 13.1 Å². The zero-order valence-electron chi connectivity index (χ0n) is 10.8. The summed E-state index contributed by atoms with van der Waals surface area (Å²) in [5, 5.41) is 2.05. The van der Waals surface area contributed by atoms with Crippen LogP contribution in [-0.2, 0) is 0 Å². The minimum atomic E-state index is 0.118. The van der Waals surface area contributed by atoms with Crippen LogP contribution >= 0.6 is 11.3 Å². The molecule has 1 amide bonds. The fourth-order valence-electron chi connectivity index (χ4n) is 2.72. The summed E-state index contributed by atoms with van der Waals surface area (Å²) >= 11 is 1.60. The molecule has 1 unspecified atom stereocenters. The molecule has 2 heterocycles. The van der Waals surface area contributed by atoms with Gasteiger partial charge >= 0.3 is 0 Å². The van der Waals surface area contributed by atoms with E-state index in [-0.39, 0.29) is 11.3 Å². The highest BCUT2D eigenvalue weighted by atomic mass is 32.1. The van der Waals surface area contributed by atoms with Gasteiger partial charge in [-0.2, -0.15) is 0 Å². The van der Waals surface area contributed by atoms with Gasteiger partial charge in [0.05, 0.1) is 4.88 Å². The predicted octanol–water partition coefficient (Wildman–Crippen LogP) is 2.44. The zero-order valence-corrected chi connectivity index (χ0v) is 11.6. The second kappa shape index (κ2) is 4.35. The maximum atomic E-state index is 12.6. The van der Waals surface area contributed by atoms with Crippen molar-refractivity contribution in [3.63, 3.8) is 0 Å². The molecular formula is C14H20N2OS. The minimum Gasteiger partial charge on any atom is -0.337 e. The highest BCUT2D eigenvalue weighted by Crippen LogP contribution is 2.44. The van der Waals surface area contributed by atoms with Crippen molar-refractivity contribution < 1.29 is 4.79 Å². The van der Waals surface area contributed by atoms with Gasteiger partial charge in [0.1, 0.15) is 0 Å². The van der Waals surface area contributed by atoms with Crippen LogP contribution in [0.4, 0.5) is 0 Å². The zero-order chi connectivity index (χ0) is 12.8. The molecule has 98 valence electrons. The third-order valence-electron chi connectivity index (χ3n) is 4.24. The van der Waals surface area contributed by atoms with Crippen molar-refractivity contribution in [3.05, 3.63) is 21.9 Å². The van der Waals surface area contributed by atoms with E-state index < -0.39 is 0 Å². The van der Waals surface area contributed by atoms with Gasteiger partial charge in [0.2, 0.25) is 0 Å². The summed E-state index contributed by atoms with van der Waals surface area (Å²) in [5.41, 5.74) is 7.20. The fourth-order valence-corrected chi connectivity index (χ4v) is 3.67. The van der Waals surface area contributed by atoms with Gasteiger partial charge in [-0.25, -0.2) is 0 Å². The van der Waals surface area contributed by atoms with Crippen LogP contribution in [0.5, 0.6) is 0 Å². The quantitative estimate of drug-likeness (QED) is 0.911. The van der Waals surface area contributed by atoms with Gasteiger partial charge in [0.15, 0.2) is 0 Å². The number of hydrogen-bond donors (Lipinski definition) is 1. The molecule has 0 bridgehead atoms. The summed E-state index contributed by atoms with van der Waals surface area (Å²) in [6.07, 6.45) is 3.52. The van der Waals surface area contributed by atoms with Crippen molar-refractivity contribution in [2.75, 3.05) is 19.6 Å². The molecule has 2 N–H and O–H groups in total. The molecule has 1 saturated heterocycles. The van der Waals surface area contributed by atoms with Crippen molar-refractivity contribution in [2.45, 2.75) is 32.1 Å². The van der Waals surface area contributed by atoms with Crippen LogP contribution in [-0.4, -0.2) is 30.4 Å². The number of rotatable bonds is 3. The molecule has 0 spiro atoms. The van der Waals surface area contributed by atoms with Crippen LogP contribution in [0.1, 0.15) is 47.3 Å². The van der Waals surface area contributed by atoms with Gasteiger partial charge in [-0.05, 0) is 54.1 Å². The number of nitrogens with two attached hydrogens (primary N) is 1. The van der Waals surface area contributed by atoms with Crippen molar-refractivity contribution in [1.82, 2.24) is 4.90 Å². The fraction of sp³-hybridized carbons (Fsp3) is 0.643. The van der Waals surface area contributed by atoms with E-state index in [2.05, 4.69) is 18.4 Å². The van der Waals surface area contributed by atoms with Crippen LogP contribution in [0.2, 0.25) is 0 Å². The second-order valence-corrected chi connectivity index (χ2v) is 6.89. The Morgan fingerprint density at radius 2 is 2.39 bits per heavy atom. The molecule has 1 atom stereocenters. The number of carbonyl (C=O) groups is 1. The van der Waals surface area contributed by atoms with Crippen molar-refractivity contribution in [2.24, 2.45) is 11.1 Å². The first-order valence-corrected chi connectivity index (χ1v) is 7.58. The lowest BCUT2D eigenvalue weighted by atomic mass is 9.90. The Labute approximate surface area is 112 Å². The molecule has 0 aromatic carbocycles. The van der Waals surface area contributed by atoms with E-state index in [1.54, 1.807) is 11.3 Å². The van der Waals surface area contributed by atoms with Gasteiger partial charge in [-0.1, -0.05) is 6.92 Å². The van der Waals surface area contributed by atoms with Gasteiger partial charge < -0.3 is 10.6 Å². The maximum Gasteiger partial charge on any atom is 0.264 e. The smallest absolute Gasteiger partial charge is 0.264 e. The Bertz CT molecular complexity index is 466. The lowest BCUT2D eigenvalue weighted by molar-refractivity contribution is 0.0780. The molecule has 1 aliphatic heterocycles. The van der Waals surface area contributed by atoms with E-state index in [4.69, 9.17) is 5.73 Å². The largest absolute Gasteiger partial charge is 0.337 e. The molecule has 1 saturated carbocycles. The van der Waals surface area contributed by atoms with Gasteiger partial charge in [0.25, 0.3) is 5.91 Å². The topological polar surface area (TPSA) is 46.3 Å². The third kappa shape index (κ3) is 2.08. The average molecular weight is 264 g/mol. The van der Waals surface area contributed by atoms with E-state index in [1.807, 2.05) is 4.90 Å². The molecular weight excluding hydrogens is 244 g/mol. The minimum absolute atomic E-state index is 0.118. The van der Waals surface area contributed by atoms with Crippen LogP contribution < -0.4 is 5.73 Å². The molecule has 3 nitrogen and oxygen atoms in total. The molecule has 0 radical (unpaired) electrons. The molecule has 1 aromatic rings. The molecule has 4 heteroatoms. The SMILES string of the molecule is CC1(CN)CCN(C(=O)c2sccc2C2CC2)C1. The van der Waals surface area contributed by atoms with Crippen LogP contribution in [0.3, 0.4) is 0 Å². The summed E-state index contributed by atoms with van der Waals surface area (Å²) < 4.78 is 0. The van der Waals surface area contributed by atoms with Crippen molar-refractivity contribution in [1.29, 1.82) is 0 Å². The average Bonchev–Trinajstić information content (AvgIpc) is 2.97. The van der Waals surface area contributed by atoms with Crippen molar-refractivity contribution >= 4 is 17.2 Å².